The summed E-state index contributed by atoms with van der Waals surface area (Å²) in [6.45, 7) is 5.77. The topological polar surface area (TPSA) is 12.0 Å². The maximum absolute atomic E-state index is 3.80. The predicted molar refractivity (Wildman–Crippen MR) is 76.8 cm³/mol. The second-order valence-electron chi connectivity index (χ2n) is 6.46. The van der Waals surface area contributed by atoms with Gasteiger partial charge in [0.15, 0.2) is 0 Å². The number of benzene rings is 1. The smallest absolute Gasteiger partial charge is 0.0211 e. The lowest BCUT2D eigenvalue weighted by atomic mass is 9.78. The molecule has 0 saturated carbocycles. The van der Waals surface area contributed by atoms with E-state index in [-0.39, 0.29) is 0 Å². The van der Waals surface area contributed by atoms with Crippen LogP contribution in [-0.2, 0) is 13.0 Å². The van der Waals surface area contributed by atoms with Crippen LogP contribution in [0.1, 0.15) is 62.1 Å². The third-order valence-electron chi connectivity index (χ3n) is 4.63. The van der Waals surface area contributed by atoms with Gasteiger partial charge < -0.3 is 5.32 Å². The van der Waals surface area contributed by atoms with Gasteiger partial charge >= 0.3 is 0 Å². The van der Waals surface area contributed by atoms with Crippen LogP contribution in [-0.4, -0.2) is 6.04 Å². The van der Waals surface area contributed by atoms with Crippen LogP contribution in [0, 0.1) is 5.92 Å². The molecule has 2 aliphatic rings. The lowest BCUT2D eigenvalue weighted by Crippen LogP contribution is -2.40. The zero-order valence-corrected chi connectivity index (χ0v) is 11.7. The Kier molecular flexibility index (Phi) is 3.43. The molecule has 0 saturated heterocycles. The molecule has 0 radical (unpaired) electrons. The molecule has 3 rings (SSSR count). The van der Waals surface area contributed by atoms with E-state index >= 15 is 0 Å². The Balaban J connectivity index is 1.97. The molecule has 0 aromatic heterocycles. The highest BCUT2D eigenvalue weighted by atomic mass is 14.9. The molecule has 98 valence electrons. The third kappa shape index (κ3) is 2.21. The second-order valence-corrected chi connectivity index (χ2v) is 6.46. The van der Waals surface area contributed by atoms with Gasteiger partial charge in [-0.25, -0.2) is 0 Å². The lowest BCUT2D eigenvalue weighted by Gasteiger charge is -2.36. The van der Waals surface area contributed by atoms with E-state index < -0.39 is 0 Å². The molecule has 1 heterocycles. The maximum atomic E-state index is 3.80. The molecule has 1 aliphatic heterocycles. The van der Waals surface area contributed by atoms with Crippen molar-refractivity contribution >= 4 is 0 Å². The van der Waals surface area contributed by atoms with Gasteiger partial charge in [0.25, 0.3) is 0 Å². The molecular formula is C17H25N. The fourth-order valence-corrected chi connectivity index (χ4v) is 3.88. The molecule has 2 atom stereocenters. The monoisotopic (exact) mass is 243 g/mol. The van der Waals surface area contributed by atoms with Crippen molar-refractivity contribution in [3.63, 3.8) is 0 Å². The number of rotatable bonds is 2. The van der Waals surface area contributed by atoms with Crippen LogP contribution >= 0.6 is 0 Å². The normalized spacial score (nSPS) is 26.8. The SMILES string of the molecule is CC(C)CC1NCc2cccc3c2C1CCCC3. The fraction of sp³-hybridized carbons (Fsp3) is 0.647. The number of aryl methyl sites for hydroxylation is 1. The summed E-state index contributed by atoms with van der Waals surface area (Å²) in [4.78, 5) is 0. The Bertz CT molecular complexity index is 422. The van der Waals surface area contributed by atoms with Crippen LogP contribution in [0.2, 0.25) is 0 Å². The van der Waals surface area contributed by atoms with Crippen molar-refractivity contribution in [3.05, 3.63) is 34.9 Å². The van der Waals surface area contributed by atoms with Crippen LogP contribution in [0.3, 0.4) is 0 Å². The summed E-state index contributed by atoms with van der Waals surface area (Å²) in [7, 11) is 0. The van der Waals surface area contributed by atoms with Gasteiger partial charge in [-0.1, -0.05) is 38.5 Å². The van der Waals surface area contributed by atoms with Crippen LogP contribution in [0.15, 0.2) is 18.2 Å². The summed E-state index contributed by atoms with van der Waals surface area (Å²) in [5.41, 5.74) is 4.93. The summed E-state index contributed by atoms with van der Waals surface area (Å²) < 4.78 is 0. The Hall–Kier alpha value is -0.820. The van der Waals surface area contributed by atoms with Crippen molar-refractivity contribution in [3.8, 4) is 0 Å². The van der Waals surface area contributed by atoms with Gasteiger partial charge in [0.05, 0.1) is 0 Å². The van der Waals surface area contributed by atoms with Gasteiger partial charge in [0.1, 0.15) is 0 Å². The molecule has 1 aromatic carbocycles. The van der Waals surface area contributed by atoms with Crippen molar-refractivity contribution < 1.29 is 0 Å². The first-order valence-electron chi connectivity index (χ1n) is 7.59. The first-order valence-corrected chi connectivity index (χ1v) is 7.59. The largest absolute Gasteiger partial charge is 0.309 e. The van der Waals surface area contributed by atoms with E-state index in [0.29, 0.717) is 6.04 Å². The van der Waals surface area contributed by atoms with Crippen LogP contribution < -0.4 is 5.32 Å². The van der Waals surface area contributed by atoms with Gasteiger partial charge in [-0.15, -0.1) is 0 Å². The highest BCUT2D eigenvalue weighted by Gasteiger charge is 2.32. The van der Waals surface area contributed by atoms with E-state index in [0.717, 1.165) is 18.4 Å². The number of nitrogens with one attached hydrogen (secondary N) is 1. The van der Waals surface area contributed by atoms with Gasteiger partial charge in [-0.2, -0.15) is 0 Å². The van der Waals surface area contributed by atoms with Crippen LogP contribution in [0.4, 0.5) is 0 Å². The average molecular weight is 243 g/mol. The van der Waals surface area contributed by atoms with E-state index in [1.807, 2.05) is 0 Å². The van der Waals surface area contributed by atoms with Gasteiger partial charge in [0, 0.05) is 12.6 Å². The fourth-order valence-electron chi connectivity index (χ4n) is 3.88. The summed E-state index contributed by atoms with van der Waals surface area (Å²) in [5.74, 6) is 1.56. The Morgan fingerprint density at radius 3 is 2.89 bits per heavy atom. The van der Waals surface area contributed by atoms with Crippen molar-refractivity contribution in [2.75, 3.05) is 0 Å². The highest BCUT2D eigenvalue weighted by Crippen LogP contribution is 2.39. The van der Waals surface area contributed by atoms with Gasteiger partial charge in [-0.05, 0) is 54.2 Å². The zero-order chi connectivity index (χ0) is 12.5. The minimum atomic E-state index is 0.705. The van der Waals surface area contributed by atoms with E-state index in [1.165, 1.54) is 32.1 Å². The van der Waals surface area contributed by atoms with E-state index in [1.54, 1.807) is 16.7 Å². The van der Waals surface area contributed by atoms with Crippen molar-refractivity contribution in [2.45, 2.75) is 64.5 Å². The minimum Gasteiger partial charge on any atom is -0.309 e. The number of hydrogen-bond acceptors (Lipinski definition) is 1. The maximum Gasteiger partial charge on any atom is 0.0211 e. The number of hydrogen-bond donors (Lipinski definition) is 1. The molecule has 1 N–H and O–H groups in total. The summed E-state index contributed by atoms with van der Waals surface area (Å²) >= 11 is 0. The standard InChI is InChI=1S/C17H25N/c1-12(2)10-16-15-9-4-3-6-13-7-5-8-14(11-18-16)17(13)15/h5,7-8,12,15-16,18H,3-4,6,9-11H2,1-2H3. The van der Waals surface area contributed by atoms with E-state index in [4.69, 9.17) is 0 Å². The molecule has 2 unspecified atom stereocenters. The Morgan fingerprint density at radius 1 is 1.22 bits per heavy atom. The predicted octanol–water partition coefficient (Wildman–Crippen LogP) is 4.01. The minimum absolute atomic E-state index is 0.705. The molecule has 1 aromatic rings. The summed E-state index contributed by atoms with van der Waals surface area (Å²) in [6.07, 6.45) is 6.78. The third-order valence-corrected chi connectivity index (χ3v) is 4.63. The Labute approximate surface area is 111 Å². The van der Waals surface area contributed by atoms with Gasteiger partial charge in [0.2, 0.25) is 0 Å². The average Bonchev–Trinajstić information content (AvgIpc) is 2.56. The van der Waals surface area contributed by atoms with Crippen LogP contribution in [0.25, 0.3) is 0 Å². The molecule has 0 spiro atoms. The van der Waals surface area contributed by atoms with E-state index in [2.05, 4.69) is 37.4 Å². The molecular weight excluding hydrogens is 218 g/mol. The highest BCUT2D eigenvalue weighted by molar-refractivity contribution is 5.41. The molecule has 0 fully saturated rings. The van der Waals surface area contributed by atoms with E-state index in [9.17, 15) is 0 Å². The zero-order valence-electron chi connectivity index (χ0n) is 11.7. The lowest BCUT2D eigenvalue weighted by molar-refractivity contribution is 0.330. The molecule has 1 nitrogen and oxygen atoms in total. The van der Waals surface area contributed by atoms with Crippen molar-refractivity contribution in [1.82, 2.24) is 5.32 Å². The van der Waals surface area contributed by atoms with Crippen molar-refractivity contribution in [1.29, 1.82) is 0 Å². The molecule has 18 heavy (non-hydrogen) atoms. The quantitative estimate of drug-likeness (QED) is 0.827. The van der Waals surface area contributed by atoms with Crippen LogP contribution in [0.5, 0.6) is 0 Å². The molecule has 0 bridgehead atoms. The first kappa shape index (κ1) is 12.2. The van der Waals surface area contributed by atoms with Crippen molar-refractivity contribution in [2.24, 2.45) is 5.92 Å². The molecule has 1 aliphatic carbocycles. The summed E-state index contributed by atoms with van der Waals surface area (Å²) in [6, 6.07) is 7.66. The Morgan fingerprint density at radius 2 is 2.06 bits per heavy atom. The second kappa shape index (κ2) is 5.05. The van der Waals surface area contributed by atoms with Gasteiger partial charge in [-0.3, -0.25) is 0 Å². The molecule has 1 heteroatoms. The summed E-state index contributed by atoms with van der Waals surface area (Å²) in [5, 5.41) is 3.80. The first-order chi connectivity index (χ1) is 8.75. The molecule has 0 amide bonds.